The number of carbonyl (C=O) groups is 1. The quantitative estimate of drug-likeness (QED) is 0.699. The van der Waals surface area contributed by atoms with Gasteiger partial charge in [-0.1, -0.05) is 24.3 Å². The molecule has 7 heteroatoms. The van der Waals surface area contributed by atoms with Crippen LogP contribution in [-0.4, -0.2) is 55.0 Å². The third-order valence-corrected chi connectivity index (χ3v) is 8.06. The van der Waals surface area contributed by atoms with Crippen LogP contribution in [0, 0.1) is 13.8 Å². The number of piperazine rings is 1. The predicted octanol–water partition coefficient (Wildman–Crippen LogP) is 3.32. The Bertz CT molecular complexity index is 937. The normalized spacial score (nSPS) is 16.8. The van der Waals surface area contributed by atoms with E-state index >= 15 is 0 Å². The third-order valence-electron chi connectivity index (χ3n) is 5.07. The Morgan fingerprint density at radius 3 is 2.21 bits per heavy atom. The molecule has 1 aliphatic rings. The van der Waals surface area contributed by atoms with Gasteiger partial charge in [0.2, 0.25) is 15.9 Å². The van der Waals surface area contributed by atoms with Gasteiger partial charge in [-0.05, 0) is 56.2 Å². The van der Waals surface area contributed by atoms with E-state index in [0.29, 0.717) is 31.1 Å². The molecular formula is C21H26N2O3S2. The molecule has 0 N–H and O–H groups in total. The molecule has 1 aliphatic heterocycles. The largest absolute Gasteiger partial charge is 0.339 e. The average Bonchev–Trinajstić information content (AvgIpc) is 2.71. The van der Waals surface area contributed by atoms with E-state index in [0.717, 1.165) is 4.90 Å². The molecule has 1 amide bonds. The van der Waals surface area contributed by atoms with Crippen molar-refractivity contribution in [1.82, 2.24) is 9.21 Å². The van der Waals surface area contributed by atoms with Crippen molar-refractivity contribution in [3.05, 3.63) is 59.7 Å². The Hall–Kier alpha value is -1.83. The highest BCUT2D eigenvalue weighted by Crippen LogP contribution is 2.27. The van der Waals surface area contributed by atoms with Crippen molar-refractivity contribution >= 4 is 27.7 Å². The van der Waals surface area contributed by atoms with Gasteiger partial charge in [0.25, 0.3) is 0 Å². The fourth-order valence-electron chi connectivity index (χ4n) is 3.19. The van der Waals surface area contributed by atoms with Gasteiger partial charge in [0.05, 0.1) is 10.1 Å². The highest BCUT2D eigenvalue weighted by atomic mass is 32.2. The number of benzene rings is 2. The topological polar surface area (TPSA) is 57.7 Å². The maximum absolute atomic E-state index is 12.8. The van der Waals surface area contributed by atoms with E-state index in [9.17, 15) is 13.2 Å². The van der Waals surface area contributed by atoms with Crippen molar-refractivity contribution in [2.75, 3.05) is 26.2 Å². The van der Waals surface area contributed by atoms with Gasteiger partial charge in [-0.3, -0.25) is 4.79 Å². The minimum Gasteiger partial charge on any atom is -0.339 e. The summed E-state index contributed by atoms with van der Waals surface area (Å²) in [7, 11) is -3.50. The molecule has 1 fully saturated rings. The van der Waals surface area contributed by atoms with E-state index in [4.69, 9.17) is 0 Å². The summed E-state index contributed by atoms with van der Waals surface area (Å²) in [5.74, 6) is 0.0555. The van der Waals surface area contributed by atoms with Crippen molar-refractivity contribution in [2.24, 2.45) is 0 Å². The zero-order valence-electron chi connectivity index (χ0n) is 16.5. The zero-order chi connectivity index (χ0) is 20.3. The van der Waals surface area contributed by atoms with Crippen LogP contribution in [0.15, 0.2) is 58.3 Å². The van der Waals surface area contributed by atoms with Crippen molar-refractivity contribution < 1.29 is 13.2 Å². The molecule has 150 valence electrons. The number of sulfonamides is 1. The minimum atomic E-state index is -3.50. The fourth-order valence-corrected chi connectivity index (χ4v) is 5.68. The molecule has 5 nitrogen and oxygen atoms in total. The first-order valence-corrected chi connectivity index (χ1v) is 11.7. The smallest absolute Gasteiger partial charge is 0.243 e. The summed E-state index contributed by atoms with van der Waals surface area (Å²) in [6.45, 7) is 7.54. The standard InChI is InChI=1S/C21H26N2O3S2/c1-16-9-10-19(15-17(16)2)27-18(3)21(24)22-11-13-23(14-12-22)28(25,26)20-7-5-4-6-8-20/h4-10,15,18H,11-14H2,1-3H3/t18-/m1/s1. The summed E-state index contributed by atoms with van der Waals surface area (Å²) in [6.07, 6.45) is 0. The molecule has 2 aromatic carbocycles. The Morgan fingerprint density at radius 2 is 1.61 bits per heavy atom. The van der Waals surface area contributed by atoms with E-state index in [1.54, 1.807) is 47.0 Å². The van der Waals surface area contributed by atoms with Crippen molar-refractivity contribution in [3.8, 4) is 0 Å². The number of aryl methyl sites for hydroxylation is 2. The van der Waals surface area contributed by atoms with Crippen LogP contribution in [0.1, 0.15) is 18.1 Å². The molecule has 0 radical (unpaired) electrons. The number of hydrogen-bond acceptors (Lipinski definition) is 4. The van der Waals surface area contributed by atoms with Gasteiger partial charge in [0.1, 0.15) is 0 Å². The van der Waals surface area contributed by atoms with E-state index < -0.39 is 10.0 Å². The molecule has 0 aromatic heterocycles. The lowest BCUT2D eigenvalue weighted by molar-refractivity contribution is -0.131. The number of thioether (sulfide) groups is 1. The molecule has 1 saturated heterocycles. The van der Waals surface area contributed by atoms with Crippen LogP contribution in [0.5, 0.6) is 0 Å². The summed E-state index contributed by atoms with van der Waals surface area (Å²) in [5.41, 5.74) is 2.45. The SMILES string of the molecule is Cc1ccc(S[C@H](C)C(=O)N2CCN(S(=O)(=O)c3ccccc3)CC2)cc1C. The first kappa shape index (κ1) is 20.9. The first-order chi connectivity index (χ1) is 13.3. The first-order valence-electron chi connectivity index (χ1n) is 9.37. The number of amides is 1. The second kappa shape index (κ2) is 8.68. The summed E-state index contributed by atoms with van der Waals surface area (Å²) in [6, 6.07) is 14.7. The van der Waals surface area contributed by atoms with E-state index in [-0.39, 0.29) is 11.2 Å². The highest BCUT2D eigenvalue weighted by Gasteiger charge is 2.31. The Balaban J connectivity index is 1.59. The van der Waals surface area contributed by atoms with Crippen LogP contribution < -0.4 is 0 Å². The molecule has 28 heavy (non-hydrogen) atoms. The van der Waals surface area contributed by atoms with Crippen LogP contribution in [0.2, 0.25) is 0 Å². The molecule has 1 heterocycles. The van der Waals surface area contributed by atoms with Gasteiger partial charge in [0, 0.05) is 31.1 Å². The Kier molecular flexibility index (Phi) is 6.47. The predicted molar refractivity (Wildman–Crippen MR) is 113 cm³/mol. The highest BCUT2D eigenvalue weighted by molar-refractivity contribution is 8.00. The molecule has 1 atom stereocenters. The molecule has 2 aromatic rings. The summed E-state index contributed by atoms with van der Waals surface area (Å²) >= 11 is 1.55. The molecule has 3 rings (SSSR count). The zero-order valence-corrected chi connectivity index (χ0v) is 18.1. The number of nitrogens with zero attached hydrogens (tertiary/aromatic N) is 2. The summed E-state index contributed by atoms with van der Waals surface area (Å²) in [4.78, 5) is 16.0. The van der Waals surface area contributed by atoms with Crippen molar-refractivity contribution in [3.63, 3.8) is 0 Å². The van der Waals surface area contributed by atoms with E-state index in [2.05, 4.69) is 26.0 Å². The average molecular weight is 419 g/mol. The van der Waals surface area contributed by atoms with Crippen LogP contribution >= 0.6 is 11.8 Å². The van der Waals surface area contributed by atoms with Gasteiger partial charge in [0.15, 0.2) is 0 Å². The van der Waals surface area contributed by atoms with E-state index in [1.165, 1.54) is 15.4 Å². The summed E-state index contributed by atoms with van der Waals surface area (Å²) in [5, 5.41) is -0.209. The monoisotopic (exact) mass is 418 g/mol. The lowest BCUT2D eigenvalue weighted by Crippen LogP contribution is -2.52. The maximum atomic E-state index is 12.8. The van der Waals surface area contributed by atoms with Gasteiger partial charge >= 0.3 is 0 Å². The van der Waals surface area contributed by atoms with Crippen LogP contribution in [-0.2, 0) is 14.8 Å². The van der Waals surface area contributed by atoms with Crippen LogP contribution in [0.25, 0.3) is 0 Å². The molecule has 0 bridgehead atoms. The van der Waals surface area contributed by atoms with Crippen LogP contribution in [0.4, 0.5) is 0 Å². The van der Waals surface area contributed by atoms with Crippen molar-refractivity contribution in [2.45, 2.75) is 35.8 Å². The summed E-state index contributed by atoms with van der Waals surface area (Å²) < 4.78 is 26.9. The number of rotatable bonds is 5. The second-order valence-corrected chi connectivity index (χ2v) is 10.4. The Morgan fingerprint density at radius 1 is 0.964 bits per heavy atom. The molecule has 0 saturated carbocycles. The van der Waals surface area contributed by atoms with Crippen LogP contribution in [0.3, 0.4) is 0 Å². The van der Waals surface area contributed by atoms with E-state index in [1.807, 2.05) is 13.0 Å². The van der Waals surface area contributed by atoms with Gasteiger partial charge in [-0.2, -0.15) is 4.31 Å². The fraction of sp³-hybridized carbons (Fsp3) is 0.381. The van der Waals surface area contributed by atoms with Gasteiger partial charge in [-0.15, -0.1) is 11.8 Å². The number of hydrogen-bond donors (Lipinski definition) is 0. The number of carbonyl (C=O) groups excluding carboxylic acids is 1. The second-order valence-electron chi connectivity index (χ2n) is 7.05. The maximum Gasteiger partial charge on any atom is 0.243 e. The molecule has 0 unspecified atom stereocenters. The minimum absolute atomic E-state index is 0.0555. The molecule has 0 aliphatic carbocycles. The van der Waals surface area contributed by atoms with Crippen molar-refractivity contribution in [1.29, 1.82) is 0 Å². The Labute approximate surface area is 171 Å². The molecule has 0 spiro atoms. The van der Waals surface area contributed by atoms with Gasteiger partial charge < -0.3 is 4.90 Å². The third kappa shape index (κ3) is 4.59. The van der Waals surface area contributed by atoms with Gasteiger partial charge in [-0.25, -0.2) is 8.42 Å². The lowest BCUT2D eigenvalue weighted by Gasteiger charge is -2.35. The molecular weight excluding hydrogens is 392 g/mol. The lowest BCUT2D eigenvalue weighted by atomic mass is 10.1.